The van der Waals surface area contributed by atoms with Gasteiger partial charge in [0.2, 0.25) is 0 Å². The lowest BCUT2D eigenvalue weighted by Crippen LogP contribution is -2.30. The van der Waals surface area contributed by atoms with E-state index in [0.717, 1.165) is 0 Å². The van der Waals surface area contributed by atoms with Crippen LogP contribution in [0.15, 0.2) is 48.0 Å². The van der Waals surface area contributed by atoms with Crippen molar-refractivity contribution in [1.29, 1.82) is 0 Å². The van der Waals surface area contributed by atoms with Crippen molar-refractivity contribution in [2.75, 3.05) is 20.8 Å². The SMILES string of the molecule is CCCN1C(=O)C(=O)/C(=C(\O)c2ccc(OC)c(OC)c2)C1c1ccc(OC(C)=O)cc1. The Morgan fingerprint density at radius 2 is 1.69 bits per heavy atom. The summed E-state index contributed by atoms with van der Waals surface area (Å²) in [4.78, 5) is 38.4. The molecule has 168 valence electrons. The number of ether oxygens (including phenoxy) is 3. The van der Waals surface area contributed by atoms with E-state index in [1.807, 2.05) is 6.92 Å². The molecule has 1 aliphatic heterocycles. The van der Waals surface area contributed by atoms with Gasteiger partial charge in [0.15, 0.2) is 11.5 Å². The molecule has 1 aliphatic rings. The zero-order valence-electron chi connectivity index (χ0n) is 18.4. The molecule has 0 bridgehead atoms. The molecule has 8 nitrogen and oxygen atoms in total. The predicted octanol–water partition coefficient (Wildman–Crippen LogP) is 3.46. The number of nitrogens with zero attached hydrogens (tertiary/aromatic N) is 1. The van der Waals surface area contributed by atoms with Crippen molar-refractivity contribution in [2.24, 2.45) is 0 Å². The zero-order chi connectivity index (χ0) is 23.4. The highest BCUT2D eigenvalue weighted by molar-refractivity contribution is 6.46. The number of aliphatic hydroxyl groups excluding tert-OH is 1. The van der Waals surface area contributed by atoms with Gasteiger partial charge in [0.1, 0.15) is 11.5 Å². The number of aliphatic hydroxyl groups is 1. The number of rotatable bonds is 7. The number of carbonyl (C=O) groups excluding carboxylic acids is 3. The monoisotopic (exact) mass is 439 g/mol. The molecule has 0 radical (unpaired) electrons. The van der Waals surface area contributed by atoms with Crippen molar-refractivity contribution in [1.82, 2.24) is 4.90 Å². The van der Waals surface area contributed by atoms with Gasteiger partial charge in [-0.2, -0.15) is 0 Å². The largest absolute Gasteiger partial charge is 0.507 e. The van der Waals surface area contributed by atoms with Crippen LogP contribution in [0.1, 0.15) is 37.4 Å². The van der Waals surface area contributed by atoms with Crippen molar-refractivity contribution in [2.45, 2.75) is 26.3 Å². The van der Waals surface area contributed by atoms with Crippen LogP contribution in [0.4, 0.5) is 0 Å². The first-order chi connectivity index (χ1) is 15.3. The minimum Gasteiger partial charge on any atom is -0.507 e. The summed E-state index contributed by atoms with van der Waals surface area (Å²) in [6.07, 6.45) is 0.630. The number of hydrogen-bond acceptors (Lipinski definition) is 7. The van der Waals surface area contributed by atoms with Crippen LogP contribution in [0.5, 0.6) is 17.2 Å². The molecule has 0 aliphatic carbocycles. The molecular formula is C24H25NO7. The maximum Gasteiger partial charge on any atom is 0.308 e. The van der Waals surface area contributed by atoms with Crippen LogP contribution in [-0.4, -0.2) is 48.4 Å². The maximum atomic E-state index is 12.9. The second kappa shape index (κ2) is 9.55. The Kier molecular flexibility index (Phi) is 6.82. The zero-order valence-corrected chi connectivity index (χ0v) is 18.4. The van der Waals surface area contributed by atoms with E-state index in [9.17, 15) is 19.5 Å². The summed E-state index contributed by atoms with van der Waals surface area (Å²) in [5, 5.41) is 11.1. The average Bonchev–Trinajstić information content (AvgIpc) is 3.03. The number of hydrogen-bond donors (Lipinski definition) is 1. The van der Waals surface area contributed by atoms with Crippen molar-refractivity contribution in [3.05, 3.63) is 59.2 Å². The number of methoxy groups -OCH3 is 2. The first kappa shape index (κ1) is 22.9. The van der Waals surface area contributed by atoms with Gasteiger partial charge in [-0.15, -0.1) is 0 Å². The third-order valence-corrected chi connectivity index (χ3v) is 5.12. The van der Waals surface area contributed by atoms with Crippen LogP contribution in [0.3, 0.4) is 0 Å². The van der Waals surface area contributed by atoms with E-state index in [2.05, 4.69) is 0 Å². The fourth-order valence-corrected chi connectivity index (χ4v) is 3.72. The highest BCUT2D eigenvalue weighted by Gasteiger charge is 2.45. The van der Waals surface area contributed by atoms with Gasteiger partial charge in [0.05, 0.1) is 25.8 Å². The minimum absolute atomic E-state index is 0.0177. The van der Waals surface area contributed by atoms with Gasteiger partial charge in [0.25, 0.3) is 11.7 Å². The second-order valence-electron chi connectivity index (χ2n) is 7.22. The Hall–Kier alpha value is -3.81. The Morgan fingerprint density at radius 3 is 2.25 bits per heavy atom. The smallest absolute Gasteiger partial charge is 0.308 e. The van der Waals surface area contributed by atoms with Gasteiger partial charge >= 0.3 is 5.97 Å². The Labute approximate surface area is 186 Å². The van der Waals surface area contributed by atoms with Crippen LogP contribution >= 0.6 is 0 Å². The molecule has 1 saturated heterocycles. The van der Waals surface area contributed by atoms with Crippen molar-refractivity contribution in [3.8, 4) is 17.2 Å². The number of carbonyl (C=O) groups is 3. The van der Waals surface area contributed by atoms with Crippen molar-refractivity contribution >= 4 is 23.4 Å². The van der Waals surface area contributed by atoms with Gasteiger partial charge in [-0.3, -0.25) is 14.4 Å². The number of esters is 1. The van der Waals surface area contributed by atoms with Crippen LogP contribution < -0.4 is 14.2 Å². The van der Waals surface area contributed by atoms with Crippen molar-refractivity contribution in [3.63, 3.8) is 0 Å². The van der Waals surface area contributed by atoms with E-state index >= 15 is 0 Å². The van der Waals surface area contributed by atoms with Crippen LogP contribution in [0.25, 0.3) is 5.76 Å². The molecule has 1 fully saturated rings. The Bertz CT molecular complexity index is 1070. The molecule has 1 heterocycles. The average molecular weight is 439 g/mol. The minimum atomic E-state index is -0.783. The Morgan fingerprint density at radius 1 is 1.03 bits per heavy atom. The lowest BCUT2D eigenvalue weighted by atomic mass is 9.95. The number of benzene rings is 2. The number of amides is 1. The molecule has 1 amide bonds. The molecule has 3 rings (SSSR count). The highest BCUT2D eigenvalue weighted by atomic mass is 16.5. The third-order valence-electron chi connectivity index (χ3n) is 5.12. The third kappa shape index (κ3) is 4.30. The summed E-state index contributed by atoms with van der Waals surface area (Å²) >= 11 is 0. The fourth-order valence-electron chi connectivity index (χ4n) is 3.72. The summed E-state index contributed by atoms with van der Waals surface area (Å²) < 4.78 is 15.6. The number of likely N-dealkylation sites (tertiary alicyclic amines) is 1. The first-order valence-electron chi connectivity index (χ1n) is 10.1. The van der Waals surface area contributed by atoms with Gasteiger partial charge in [-0.1, -0.05) is 19.1 Å². The molecule has 8 heteroatoms. The summed E-state index contributed by atoms with van der Waals surface area (Å²) in [6.45, 7) is 3.53. The molecule has 1 unspecified atom stereocenters. The fraction of sp³-hybridized carbons (Fsp3) is 0.292. The quantitative estimate of drug-likeness (QED) is 0.232. The van der Waals surface area contributed by atoms with Crippen LogP contribution in [-0.2, 0) is 14.4 Å². The van der Waals surface area contributed by atoms with Crippen LogP contribution in [0.2, 0.25) is 0 Å². The molecule has 1 atom stereocenters. The van der Waals surface area contributed by atoms with Gasteiger partial charge in [-0.25, -0.2) is 0 Å². The maximum absolute atomic E-state index is 12.9. The lowest BCUT2D eigenvalue weighted by Gasteiger charge is -2.25. The number of ketones is 1. The number of Topliss-reactive ketones (excluding diaryl/α,β-unsaturated/α-hetero) is 1. The summed E-state index contributed by atoms with van der Waals surface area (Å²) in [5.41, 5.74) is 0.908. The molecule has 2 aromatic carbocycles. The predicted molar refractivity (Wildman–Crippen MR) is 117 cm³/mol. The second-order valence-corrected chi connectivity index (χ2v) is 7.22. The normalized spacial score (nSPS) is 17.4. The van der Waals surface area contributed by atoms with E-state index < -0.39 is 23.7 Å². The molecule has 32 heavy (non-hydrogen) atoms. The Balaban J connectivity index is 2.13. The molecule has 1 N–H and O–H groups in total. The van der Waals surface area contributed by atoms with Crippen LogP contribution in [0, 0.1) is 0 Å². The molecule has 0 aromatic heterocycles. The van der Waals surface area contributed by atoms with E-state index in [4.69, 9.17) is 14.2 Å². The van der Waals surface area contributed by atoms with E-state index in [0.29, 0.717) is 41.3 Å². The van der Waals surface area contributed by atoms with Gasteiger partial charge in [0, 0.05) is 19.0 Å². The lowest BCUT2D eigenvalue weighted by molar-refractivity contribution is -0.139. The first-order valence-corrected chi connectivity index (χ1v) is 10.1. The van der Waals surface area contributed by atoms with Gasteiger partial charge in [-0.05, 0) is 42.3 Å². The molecule has 2 aromatic rings. The topological polar surface area (TPSA) is 102 Å². The standard InChI is InChI=1S/C24H25NO7/c1-5-12-25-21(15-6-9-17(10-7-15)32-14(2)26)20(23(28)24(25)29)22(27)16-8-11-18(30-3)19(13-16)31-4/h6-11,13,21,27H,5,12H2,1-4H3/b22-20-. The van der Waals surface area contributed by atoms with E-state index in [1.165, 1.54) is 26.0 Å². The van der Waals surface area contributed by atoms with Crippen molar-refractivity contribution < 1.29 is 33.7 Å². The van der Waals surface area contributed by atoms with Gasteiger partial charge < -0.3 is 24.2 Å². The van der Waals surface area contributed by atoms with E-state index in [-0.39, 0.29) is 11.3 Å². The summed E-state index contributed by atoms with van der Waals surface area (Å²) in [5.74, 6) is -1.02. The van der Waals surface area contributed by atoms with E-state index in [1.54, 1.807) is 42.5 Å². The molecular weight excluding hydrogens is 414 g/mol. The molecule has 0 saturated carbocycles. The summed E-state index contributed by atoms with van der Waals surface area (Å²) in [7, 11) is 2.96. The summed E-state index contributed by atoms with van der Waals surface area (Å²) in [6, 6.07) is 10.5. The highest BCUT2D eigenvalue weighted by Crippen LogP contribution is 2.41. The molecule has 0 spiro atoms.